The van der Waals surface area contributed by atoms with Gasteiger partial charge in [-0.15, -0.1) is 0 Å². The minimum absolute atomic E-state index is 0.230. The quantitative estimate of drug-likeness (QED) is 0.620. The van der Waals surface area contributed by atoms with E-state index in [1.807, 2.05) is 0 Å². The van der Waals surface area contributed by atoms with Crippen molar-refractivity contribution in [3.05, 3.63) is 12.3 Å². The van der Waals surface area contributed by atoms with Gasteiger partial charge in [-0.1, -0.05) is 6.58 Å². The van der Waals surface area contributed by atoms with Crippen molar-refractivity contribution < 1.29 is 9.53 Å². The van der Waals surface area contributed by atoms with Crippen LogP contribution in [-0.2, 0) is 4.74 Å². The number of piperidine rings is 1. The number of hydrogen-bond donors (Lipinski definition) is 1. The first-order valence-electron chi connectivity index (χ1n) is 4.47. The molecule has 1 fully saturated rings. The van der Waals surface area contributed by atoms with Gasteiger partial charge >= 0.3 is 6.09 Å². The van der Waals surface area contributed by atoms with Crippen molar-refractivity contribution in [2.75, 3.05) is 13.1 Å². The maximum absolute atomic E-state index is 11.3. The van der Waals surface area contributed by atoms with Gasteiger partial charge in [0.05, 0.1) is 5.76 Å². The number of ether oxygens (including phenoxy) is 1. The second-order valence-corrected chi connectivity index (χ2v) is 3.39. The molecule has 0 radical (unpaired) electrons. The molecule has 1 amide bonds. The number of rotatable bonds is 1. The molecule has 74 valence electrons. The molecule has 1 aliphatic heterocycles. The minimum atomic E-state index is -0.306. The highest BCUT2D eigenvalue weighted by Crippen LogP contribution is 2.10. The summed E-state index contributed by atoms with van der Waals surface area (Å²) in [4.78, 5) is 13.0. The van der Waals surface area contributed by atoms with Gasteiger partial charge in [-0.05, 0) is 19.8 Å². The van der Waals surface area contributed by atoms with Crippen molar-refractivity contribution in [1.29, 1.82) is 0 Å². The van der Waals surface area contributed by atoms with Gasteiger partial charge in [0.2, 0.25) is 0 Å². The number of likely N-dealkylation sites (tertiary alicyclic amines) is 1. The molecule has 13 heavy (non-hydrogen) atoms. The van der Waals surface area contributed by atoms with Crippen LogP contribution < -0.4 is 5.73 Å². The summed E-state index contributed by atoms with van der Waals surface area (Å²) >= 11 is 0. The predicted molar refractivity (Wildman–Crippen MR) is 50.1 cm³/mol. The zero-order valence-electron chi connectivity index (χ0n) is 7.95. The van der Waals surface area contributed by atoms with Crippen LogP contribution >= 0.6 is 0 Å². The highest BCUT2D eigenvalue weighted by Gasteiger charge is 2.21. The average molecular weight is 184 g/mol. The third-order valence-corrected chi connectivity index (χ3v) is 2.06. The van der Waals surface area contributed by atoms with Crippen LogP contribution in [-0.4, -0.2) is 30.1 Å². The standard InChI is InChI=1S/C9H16N2O2/c1-7(2)13-9(12)11-5-3-8(10)4-6-11/h8H,1,3-6,10H2,2H3. The van der Waals surface area contributed by atoms with Crippen LogP contribution in [0.2, 0.25) is 0 Å². The van der Waals surface area contributed by atoms with Crippen LogP contribution in [0.3, 0.4) is 0 Å². The molecular formula is C9H16N2O2. The Morgan fingerprint density at radius 3 is 2.54 bits per heavy atom. The molecule has 2 N–H and O–H groups in total. The van der Waals surface area contributed by atoms with Gasteiger partial charge in [-0.2, -0.15) is 0 Å². The molecule has 1 aliphatic rings. The topological polar surface area (TPSA) is 55.6 Å². The minimum Gasteiger partial charge on any atom is -0.416 e. The van der Waals surface area contributed by atoms with E-state index in [0.717, 1.165) is 12.8 Å². The molecule has 0 aromatic heterocycles. The molecule has 0 aliphatic carbocycles. The molecule has 4 nitrogen and oxygen atoms in total. The van der Waals surface area contributed by atoms with E-state index in [2.05, 4.69) is 6.58 Å². The molecule has 0 unspecified atom stereocenters. The van der Waals surface area contributed by atoms with Gasteiger partial charge in [-0.25, -0.2) is 4.79 Å². The van der Waals surface area contributed by atoms with E-state index in [1.165, 1.54) is 0 Å². The van der Waals surface area contributed by atoms with Crippen molar-refractivity contribution in [1.82, 2.24) is 4.90 Å². The van der Waals surface area contributed by atoms with E-state index in [4.69, 9.17) is 10.5 Å². The number of carbonyl (C=O) groups excluding carboxylic acids is 1. The van der Waals surface area contributed by atoms with E-state index in [9.17, 15) is 4.79 Å². The lowest BCUT2D eigenvalue weighted by molar-refractivity contribution is 0.117. The first-order chi connectivity index (χ1) is 6.09. The van der Waals surface area contributed by atoms with E-state index in [0.29, 0.717) is 18.8 Å². The monoisotopic (exact) mass is 184 g/mol. The molecule has 0 spiro atoms. The Hall–Kier alpha value is -1.03. The molecule has 4 heteroatoms. The molecule has 1 saturated heterocycles. The van der Waals surface area contributed by atoms with Crippen LogP contribution in [0.15, 0.2) is 12.3 Å². The predicted octanol–water partition coefficient (Wildman–Crippen LogP) is 1.08. The fraction of sp³-hybridized carbons (Fsp3) is 0.667. The maximum atomic E-state index is 11.3. The van der Waals surface area contributed by atoms with E-state index in [1.54, 1.807) is 11.8 Å². The lowest BCUT2D eigenvalue weighted by Crippen LogP contribution is -2.42. The van der Waals surface area contributed by atoms with E-state index >= 15 is 0 Å². The molecule has 0 aromatic rings. The Labute approximate surface area is 78.3 Å². The van der Waals surface area contributed by atoms with Crippen molar-refractivity contribution in [3.63, 3.8) is 0 Å². The van der Waals surface area contributed by atoms with Crippen LogP contribution in [0.1, 0.15) is 19.8 Å². The van der Waals surface area contributed by atoms with Crippen molar-refractivity contribution in [3.8, 4) is 0 Å². The first kappa shape index (κ1) is 10.1. The molecule has 0 atom stereocenters. The van der Waals surface area contributed by atoms with Crippen LogP contribution in [0.25, 0.3) is 0 Å². The highest BCUT2D eigenvalue weighted by molar-refractivity contribution is 5.68. The van der Waals surface area contributed by atoms with E-state index < -0.39 is 0 Å². The largest absolute Gasteiger partial charge is 0.416 e. The Kier molecular flexibility index (Phi) is 3.31. The highest BCUT2D eigenvalue weighted by atomic mass is 16.6. The van der Waals surface area contributed by atoms with Gasteiger partial charge in [0.1, 0.15) is 0 Å². The summed E-state index contributed by atoms with van der Waals surface area (Å²) in [6.45, 7) is 6.55. The maximum Gasteiger partial charge on any atom is 0.414 e. The summed E-state index contributed by atoms with van der Waals surface area (Å²) in [5.41, 5.74) is 5.70. The number of allylic oxidation sites excluding steroid dienone is 1. The first-order valence-corrected chi connectivity index (χ1v) is 4.47. The third-order valence-electron chi connectivity index (χ3n) is 2.06. The summed E-state index contributed by atoms with van der Waals surface area (Å²) in [6, 6.07) is 0.230. The van der Waals surface area contributed by atoms with Gasteiger partial charge < -0.3 is 15.4 Å². The molecule has 0 aromatic carbocycles. The zero-order chi connectivity index (χ0) is 9.84. The van der Waals surface area contributed by atoms with Crippen LogP contribution in [0.5, 0.6) is 0 Å². The van der Waals surface area contributed by atoms with Gasteiger partial charge in [0.15, 0.2) is 0 Å². The second kappa shape index (κ2) is 4.28. The number of nitrogens with zero attached hydrogens (tertiary/aromatic N) is 1. The lowest BCUT2D eigenvalue weighted by Gasteiger charge is -2.29. The smallest absolute Gasteiger partial charge is 0.414 e. The summed E-state index contributed by atoms with van der Waals surface area (Å²) in [7, 11) is 0. The normalized spacial score (nSPS) is 18.5. The van der Waals surface area contributed by atoms with Gasteiger partial charge in [-0.3, -0.25) is 0 Å². The second-order valence-electron chi connectivity index (χ2n) is 3.39. The molecule has 1 rings (SSSR count). The number of carbonyl (C=O) groups is 1. The summed E-state index contributed by atoms with van der Waals surface area (Å²) in [5.74, 6) is 0.430. The number of nitrogens with two attached hydrogens (primary N) is 1. The Morgan fingerprint density at radius 1 is 1.54 bits per heavy atom. The molecule has 0 saturated carbocycles. The van der Waals surface area contributed by atoms with Crippen molar-refractivity contribution >= 4 is 6.09 Å². The molecule has 0 bridgehead atoms. The lowest BCUT2D eigenvalue weighted by atomic mass is 10.1. The van der Waals surface area contributed by atoms with E-state index in [-0.39, 0.29) is 12.1 Å². The third kappa shape index (κ3) is 3.06. The fourth-order valence-electron chi connectivity index (χ4n) is 1.30. The summed E-state index contributed by atoms with van der Waals surface area (Å²) in [6.07, 6.45) is 1.40. The van der Waals surface area contributed by atoms with Crippen LogP contribution in [0, 0.1) is 0 Å². The average Bonchev–Trinajstić information content (AvgIpc) is 2.04. The number of amides is 1. The zero-order valence-corrected chi connectivity index (χ0v) is 7.95. The Morgan fingerprint density at radius 2 is 2.08 bits per heavy atom. The summed E-state index contributed by atoms with van der Waals surface area (Å²) in [5, 5.41) is 0. The Bertz CT molecular complexity index is 208. The molecular weight excluding hydrogens is 168 g/mol. The number of hydrogen-bond acceptors (Lipinski definition) is 3. The fourth-order valence-corrected chi connectivity index (χ4v) is 1.30. The van der Waals surface area contributed by atoms with Crippen LogP contribution in [0.4, 0.5) is 4.79 Å². The Balaban J connectivity index is 2.36. The van der Waals surface area contributed by atoms with Crippen molar-refractivity contribution in [2.24, 2.45) is 5.73 Å². The SMILES string of the molecule is C=C(C)OC(=O)N1CCC(N)CC1. The summed E-state index contributed by atoms with van der Waals surface area (Å²) < 4.78 is 4.88. The van der Waals surface area contributed by atoms with Gasteiger partial charge in [0, 0.05) is 19.1 Å². The van der Waals surface area contributed by atoms with Gasteiger partial charge in [0.25, 0.3) is 0 Å². The molecule has 1 heterocycles. The van der Waals surface area contributed by atoms with Crippen molar-refractivity contribution in [2.45, 2.75) is 25.8 Å².